The number of nitrogen functional groups attached to an aromatic ring is 3. The van der Waals surface area contributed by atoms with Crippen LogP contribution in [-0.4, -0.2) is 13.0 Å². The Morgan fingerprint density at radius 2 is 1.20 bits per heavy atom. The van der Waals surface area contributed by atoms with Crippen LogP contribution in [0.2, 0.25) is 0 Å². The summed E-state index contributed by atoms with van der Waals surface area (Å²) in [6.07, 6.45) is 0. The molecule has 200 valence electrons. The second-order valence-corrected chi connectivity index (χ2v) is 10.2. The molecule has 0 unspecified atom stereocenters. The number of nitrogens with two attached hydrogens (primary N) is 3. The fourth-order valence-corrected chi connectivity index (χ4v) is 4.62. The molecule has 11 nitrogen and oxygen atoms in total. The van der Waals surface area contributed by atoms with Gasteiger partial charge in [0.15, 0.2) is 0 Å². The van der Waals surface area contributed by atoms with Crippen LogP contribution in [0.4, 0.5) is 39.8 Å². The van der Waals surface area contributed by atoms with Crippen molar-refractivity contribution in [1.82, 2.24) is 0 Å². The van der Waals surface area contributed by atoms with E-state index in [1.807, 2.05) is 12.1 Å². The van der Waals surface area contributed by atoms with Gasteiger partial charge >= 0.3 is 29.6 Å². The number of rotatable bonds is 6. The molecule has 0 heterocycles. The van der Waals surface area contributed by atoms with Crippen LogP contribution in [0.1, 0.15) is 0 Å². The van der Waals surface area contributed by atoms with Crippen molar-refractivity contribution < 1.29 is 47.6 Å². The van der Waals surface area contributed by atoms with Crippen molar-refractivity contribution in [1.29, 1.82) is 0 Å². The van der Waals surface area contributed by atoms with Crippen LogP contribution in [0.3, 0.4) is 0 Å². The van der Waals surface area contributed by atoms with Crippen LogP contribution < -0.4 is 51.9 Å². The van der Waals surface area contributed by atoms with Gasteiger partial charge in [-0.1, -0.05) is 36.1 Å². The number of fused-ring (bicyclic) bond motifs is 1. The van der Waals surface area contributed by atoms with Gasteiger partial charge in [-0.2, -0.15) is 18.6 Å². The number of azo groups is 2. The quantitative estimate of drug-likeness (QED) is 0.103. The molecule has 0 fully saturated rings. The average Bonchev–Trinajstić information content (AvgIpc) is 2.92. The number of benzene rings is 5. The largest absolute Gasteiger partial charge is 1.00 e. The van der Waals surface area contributed by atoms with Gasteiger partial charge < -0.3 is 22.3 Å². The Labute approximate surface area is 257 Å². The second kappa shape index (κ2) is 12.0. The van der Waals surface area contributed by atoms with E-state index in [4.69, 9.17) is 17.2 Å². The Bertz CT molecular complexity index is 1910. The summed E-state index contributed by atoms with van der Waals surface area (Å²) in [6, 6.07) is 24.9. The van der Waals surface area contributed by atoms with E-state index in [0.717, 1.165) is 17.2 Å². The zero-order chi connectivity index (χ0) is 28.4. The maximum atomic E-state index is 13.0. The standard InChI is InChI=1S/C28H23N7O4S.Na/c29-19-6-1-18-13-26(40(37,38)39)27(28(36)23(18)14-19)35-33-22-10-4-17(5-11-22)16-2-8-21(9-3-16)32-34-25-12-7-20(30)15-24(25)31;/h1-15,36H,29-31H2,(H,37,38,39);/q;+1/p-1. The van der Waals surface area contributed by atoms with Crippen LogP contribution in [-0.2, 0) is 10.1 Å². The summed E-state index contributed by atoms with van der Waals surface area (Å²) in [6.45, 7) is 0. The van der Waals surface area contributed by atoms with Gasteiger partial charge in [-0.15, -0.1) is 10.2 Å². The summed E-state index contributed by atoms with van der Waals surface area (Å²) < 4.78 is 33.6. The summed E-state index contributed by atoms with van der Waals surface area (Å²) in [7, 11) is -4.74. The van der Waals surface area contributed by atoms with E-state index in [0.29, 0.717) is 39.5 Å². The average molecular weight is 576 g/mol. The van der Waals surface area contributed by atoms with Crippen LogP contribution >= 0.6 is 0 Å². The number of nitrogens with zero attached hydrogens (tertiary/aromatic N) is 4. The molecule has 7 N–H and O–H groups in total. The molecule has 0 radical (unpaired) electrons. The van der Waals surface area contributed by atoms with E-state index in [1.54, 1.807) is 54.6 Å². The van der Waals surface area contributed by atoms with Crippen LogP contribution in [0.15, 0.2) is 116 Å². The molecule has 0 atom stereocenters. The molecule has 5 aromatic carbocycles. The van der Waals surface area contributed by atoms with E-state index >= 15 is 0 Å². The minimum absolute atomic E-state index is 0. The molecule has 0 aromatic heterocycles. The van der Waals surface area contributed by atoms with Gasteiger partial charge in [-0.25, -0.2) is 0 Å². The van der Waals surface area contributed by atoms with E-state index < -0.39 is 26.5 Å². The zero-order valence-corrected chi connectivity index (χ0v) is 24.6. The summed E-state index contributed by atoms with van der Waals surface area (Å²) >= 11 is 0. The topological polar surface area (TPSA) is 205 Å². The Hall–Kier alpha value is -4.33. The van der Waals surface area contributed by atoms with Crippen molar-refractivity contribution in [3.63, 3.8) is 0 Å². The van der Waals surface area contributed by atoms with Gasteiger partial charge in [0.05, 0.1) is 22.7 Å². The van der Waals surface area contributed by atoms with Crippen molar-refractivity contribution in [3.8, 4) is 16.9 Å². The van der Waals surface area contributed by atoms with Gasteiger partial charge in [0.25, 0.3) is 10.1 Å². The number of hydrogen-bond donors (Lipinski definition) is 4. The molecule has 5 aromatic rings. The fourth-order valence-electron chi connectivity index (χ4n) is 3.96. The maximum absolute atomic E-state index is 13.0. The molecule has 0 saturated heterocycles. The first-order chi connectivity index (χ1) is 19.1. The van der Waals surface area contributed by atoms with Crippen LogP contribution in [0.25, 0.3) is 21.9 Å². The monoisotopic (exact) mass is 575 g/mol. The first kappa shape index (κ1) is 29.6. The molecule has 0 bridgehead atoms. The molecule has 0 aliphatic rings. The third kappa shape index (κ3) is 6.70. The Kier molecular flexibility index (Phi) is 8.71. The summed E-state index contributed by atoms with van der Waals surface area (Å²) in [5.41, 5.74) is 21.5. The molecule has 0 aliphatic heterocycles. The van der Waals surface area contributed by atoms with Crippen molar-refractivity contribution in [2.24, 2.45) is 20.5 Å². The molecule has 0 aliphatic carbocycles. The molecule has 0 spiro atoms. The minimum atomic E-state index is -4.74. The van der Waals surface area contributed by atoms with E-state index in [1.165, 1.54) is 18.2 Å². The Morgan fingerprint density at radius 3 is 1.76 bits per heavy atom. The van der Waals surface area contributed by atoms with Gasteiger partial charge in [0.1, 0.15) is 10.6 Å². The number of hydrogen-bond acceptors (Lipinski definition) is 10. The summed E-state index contributed by atoms with van der Waals surface area (Å²) in [5, 5.41) is 29.7. The van der Waals surface area contributed by atoms with E-state index in [-0.39, 0.29) is 34.9 Å². The van der Waals surface area contributed by atoms with Gasteiger partial charge in [-0.05, 0) is 82.6 Å². The van der Waals surface area contributed by atoms with Crippen molar-refractivity contribution in [2.75, 3.05) is 17.2 Å². The second-order valence-electron chi connectivity index (χ2n) is 8.82. The van der Waals surface area contributed by atoms with Gasteiger partial charge in [0.2, 0.25) is 0 Å². The molecule has 41 heavy (non-hydrogen) atoms. The third-order valence-corrected chi connectivity index (χ3v) is 6.86. The number of anilines is 3. The first-order valence-electron chi connectivity index (χ1n) is 11.8. The van der Waals surface area contributed by atoms with E-state index in [9.17, 15) is 18.1 Å². The smallest absolute Gasteiger partial charge is 0.871 e. The Morgan fingerprint density at radius 1 is 0.659 bits per heavy atom. The molecule has 0 amide bonds. The minimum Gasteiger partial charge on any atom is -0.871 e. The first-order valence-corrected chi connectivity index (χ1v) is 13.2. The molecular formula is C28H22N7NaO4S. The predicted molar refractivity (Wildman–Crippen MR) is 153 cm³/mol. The Balaban J connectivity index is 0.00000387. The van der Waals surface area contributed by atoms with E-state index in [2.05, 4.69) is 20.5 Å². The van der Waals surface area contributed by atoms with Crippen molar-refractivity contribution in [3.05, 3.63) is 91.0 Å². The molecule has 13 heteroatoms. The van der Waals surface area contributed by atoms with Gasteiger partial charge in [0, 0.05) is 11.4 Å². The maximum Gasteiger partial charge on any atom is 1.00 e. The van der Waals surface area contributed by atoms with Crippen LogP contribution in [0.5, 0.6) is 5.75 Å². The van der Waals surface area contributed by atoms with Crippen molar-refractivity contribution in [2.45, 2.75) is 4.90 Å². The third-order valence-electron chi connectivity index (χ3n) is 5.99. The normalized spacial score (nSPS) is 11.7. The predicted octanol–water partition coefficient (Wildman–Crippen LogP) is 3.41. The molecular weight excluding hydrogens is 553 g/mol. The summed E-state index contributed by atoms with van der Waals surface area (Å²) in [4.78, 5) is -0.633. The SMILES string of the molecule is Nc1ccc(N=Nc2ccc(-c3ccc(N=Nc4c(S(=O)(=O)O)cc5ccc(N)cc5c4[O-])cc3)cc2)c(N)c1.[Na+]. The van der Waals surface area contributed by atoms with Crippen LogP contribution in [0, 0.1) is 0 Å². The van der Waals surface area contributed by atoms with Gasteiger partial charge in [-0.3, -0.25) is 4.55 Å². The van der Waals surface area contributed by atoms with Crippen molar-refractivity contribution >= 4 is 60.7 Å². The molecule has 0 saturated carbocycles. The summed E-state index contributed by atoms with van der Waals surface area (Å²) in [5.74, 6) is -0.714. The zero-order valence-electron chi connectivity index (χ0n) is 21.8. The fraction of sp³-hybridized carbons (Fsp3) is 0. The molecule has 5 rings (SSSR count).